The van der Waals surface area contributed by atoms with Crippen molar-refractivity contribution in [1.29, 1.82) is 0 Å². The van der Waals surface area contributed by atoms with Gasteiger partial charge in [0, 0.05) is 37.8 Å². The molecule has 2 aliphatic heterocycles. The zero-order chi connectivity index (χ0) is 12.4. The summed E-state index contributed by atoms with van der Waals surface area (Å²) in [6.07, 6.45) is 3.95. The normalized spacial score (nSPS) is 24.6. The molecular formula is C12H18N4OS. The quantitative estimate of drug-likeness (QED) is 0.849. The Hall–Kier alpha value is -1.14. The largest absolute Gasteiger partial charge is 0.345 e. The van der Waals surface area contributed by atoms with Crippen LogP contribution in [-0.4, -0.2) is 54.6 Å². The Bertz CT molecular complexity index is 394. The molecule has 0 unspecified atom stereocenters. The van der Waals surface area contributed by atoms with Crippen LogP contribution in [0.1, 0.15) is 12.8 Å². The summed E-state index contributed by atoms with van der Waals surface area (Å²) < 4.78 is 0. The lowest BCUT2D eigenvalue weighted by Gasteiger charge is -2.35. The van der Waals surface area contributed by atoms with E-state index in [9.17, 15) is 4.79 Å². The molecule has 18 heavy (non-hydrogen) atoms. The molecule has 3 rings (SSSR count). The monoisotopic (exact) mass is 266 g/mol. The molecule has 0 saturated carbocycles. The number of nitrogens with one attached hydrogen (secondary N) is 1. The number of carbonyl (C=O) groups excluding carboxylic acids is 1. The Morgan fingerprint density at radius 2 is 2.22 bits per heavy atom. The third kappa shape index (κ3) is 2.35. The molecule has 5 nitrogen and oxygen atoms in total. The number of carbonyl (C=O) groups is 1. The van der Waals surface area contributed by atoms with Crippen LogP contribution in [0.4, 0.5) is 5.13 Å². The minimum atomic E-state index is 0.0661. The maximum atomic E-state index is 12.2. The highest BCUT2D eigenvalue weighted by molar-refractivity contribution is 7.13. The lowest BCUT2D eigenvalue weighted by Crippen LogP contribution is -2.53. The molecule has 6 heteroatoms. The van der Waals surface area contributed by atoms with Crippen LogP contribution in [0.3, 0.4) is 0 Å². The highest BCUT2D eigenvalue weighted by atomic mass is 32.1. The standard InChI is InChI=1S/C12H18N4OS/c17-11(10-2-1-3-13-10)15-5-7-16(8-6-15)12-14-4-9-18-12/h4,9-10,13H,1-3,5-8H2/t10-/m0/s1. The van der Waals surface area contributed by atoms with Gasteiger partial charge in [-0.25, -0.2) is 4.98 Å². The molecular weight excluding hydrogens is 248 g/mol. The van der Waals surface area contributed by atoms with Gasteiger partial charge in [-0.3, -0.25) is 4.79 Å². The first-order valence-corrected chi connectivity index (χ1v) is 7.39. The van der Waals surface area contributed by atoms with Crippen molar-refractivity contribution in [2.24, 2.45) is 0 Å². The van der Waals surface area contributed by atoms with Crippen LogP contribution in [0.25, 0.3) is 0 Å². The zero-order valence-corrected chi connectivity index (χ0v) is 11.2. The van der Waals surface area contributed by atoms with Gasteiger partial charge in [-0.05, 0) is 19.4 Å². The highest BCUT2D eigenvalue weighted by Crippen LogP contribution is 2.19. The highest BCUT2D eigenvalue weighted by Gasteiger charge is 2.29. The van der Waals surface area contributed by atoms with Crippen molar-refractivity contribution in [1.82, 2.24) is 15.2 Å². The predicted molar refractivity (Wildman–Crippen MR) is 71.9 cm³/mol. The maximum Gasteiger partial charge on any atom is 0.239 e. The summed E-state index contributed by atoms with van der Waals surface area (Å²) in [5, 5.41) is 6.34. The Kier molecular flexibility index (Phi) is 3.47. The summed E-state index contributed by atoms with van der Waals surface area (Å²) >= 11 is 1.66. The van der Waals surface area contributed by atoms with Crippen molar-refractivity contribution in [3.05, 3.63) is 11.6 Å². The van der Waals surface area contributed by atoms with Crippen LogP contribution >= 0.6 is 11.3 Å². The van der Waals surface area contributed by atoms with Gasteiger partial charge < -0.3 is 15.1 Å². The van der Waals surface area contributed by atoms with Gasteiger partial charge in [0.05, 0.1) is 6.04 Å². The van der Waals surface area contributed by atoms with Gasteiger partial charge >= 0.3 is 0 Å². The summed E-state index contributed by atoms with van der Waals surface area (Å²) in [5.74, 6) is 0.284. The molecule has 2 aliphatic rings. The molecule has 1 aromatic heterocycles. The average molecular weight is 266 g/mol. The third-order valence-corrected chi connectivity index (χ3v) is 4.47. The lowest BCUT2D eigenvalue weighted by atomic mass is 10.2. The topological polar surface area (TPSA) is 48.5 Å². The van der Waals surface area contributed by atoms with E-state index in [0.717, 1.165) is 50.7 Å². The zero-order valence-electron chi connectivity index (χ0n) is 10.3. The van der Waals surface area contributed by atoms with Gasteiger partial charge in [0.1, 0.15) is 0 Å². The van der Waals surface area contributed by atoms with Crippen molar-refractivity contribution in [3.8, 4) is 0 Å². The fourth-order valence-electron chi connectivity index (χ4n) is 2.61. The summed E-state index contributed by atoms with van der Waals surface area (Å²) in [6, 6.07) is 0.0661. The summed E-state index contributed by atoms with van der Waals surface area (Å²) in [7, 11) is 0. The molecule has 1 amide bonds. The molecule has 0 aromatic carbocycles. The van der Waals surface area contributed by atoms with Gasteiger partial charge in [-0.1, -0.05) is 0 Å². The first-order chi connectivity index (χ1) is 8.84. The van der Waals surface area contributed by atoms with Gasteiger partial charge in [0.2, 0.25) is 5.91 Å². The molecule has 2 saturated heterocycles. The number of piperazine rings is 1. The number of aromatic nitrogens is 1. The molecule has 0 radical (unpaired) electrons. The number of rotatable bonds is 2. The second-order valence-electron chi connectivity index (χ2n) is 4.78. The Morgan fingerprint density at radius 1 is 1.39 bits per heavy atom. The first kappa shape index (κ1) is 11.9. The van der Waals surface area contributed by atoms with Gasteiger partial charge in [0.25, 0.3) is 0 Å². The Labute approximate surface area is 111 Å². The molecule has 0 spiro atoms. The van der Waals surface area contributed by atoms with E-state index in [0.29, 0.717) is 0 Å². The SMILES string of the molecule is O=C([C@@H]1CCCN1)N1CCN(c2nccs2)CC1. The fourth-order valence-corrected chi connectivity index (χ4v) is 3.30. The van der Waals surface area contributed by atoms with Gasteiger partial charge in [-0.2, -0.15) is 0 Å². The van der Waals surface area contributed by atoms with E-state index >= 15 is 0 Å². The number of thiazole rings is 1. The maximum absolute atomic E-state index is 12.2. The van der Waals surface area contributed by atoms with E-state index < -0.39 is 0 Å². The number of hydrogen-bond donors (Lipinski definition) is 1. The minimum Gasteiger partial charge on any atom is -0.345 e. The van der Waals surface area contributed by atoms with Gasteiger partial charge in [0.15, 0.2) is 5.13 Å². The van der Waals surface area contributed by atoms with Gasteiger partial charge in [-0.15, -0.1) is 11.3 Å². The van der Waals surface area contributed by atoms with Crippen LogP contribution in [-0.2, 0) is 4.79 Å². The smallest absolute Gasteiger partial charge is 0.239 e. The third-order valence-electron chi connectivity index (χ3n) is 3.64. The van der Waals surface area contributed by atoms with E-state index in [1.54, 1.807) is 11.3 Å². The molecule has 1 N–H and O–H groups in total. The van der Waals surface area contributed by atoms with Crippen LogP contribution in [0.2, 0.25) is 0 Å². The second-order valence-corrected chi connectivity index (χ2v) is 5.65. The molecule has 98 valence electrons. The van der Waals surface area contributed by atoms with Crippen molar-refractivity contribution < 1.29 is 4.79 Å². The molecule has 1 atom stereocenters. The fraction of sp³-hybridized carbons (Fsp3) is 0.667. The van der Waals surface area contributed by atoms with E-state index in [1.807, 2.05) is 16.5 Å². The van der Waals surface area contributed by atoms with E-state index in [4.69, 9.17) is 0 Å². The van der Waals surface area contributed by atoms with Crippen LogP contribution in [0, 0.1) is 0 Å². The van der Waals surface area contributed by atoms with Crippen molar-refractivity contribution in [3.63, 3.8) is 0 Å². The second kappa shape index (κ2) is 5.24. The number of anilines is 1. The number of nitrogens with zero attached hydrogens (tertiary/aromatic N) is 3. The molecule has 0 aliphatic carbocycles. The van der Waals surface area contributed by atoms with Crippen LogP contribution in [0.5, 0.6) is 0 Å². The van der Waals surface area contributed by atoms with E-state index in [-0.39, 0.29) is 11.9 Å². The van der Waals surface area contributed by atoms with Crippen molar-refractivity contribution in [2.75, 3.05) is 37.6 Å². The molecule has 3 heterocycles. The number of amides is 1. The summed E-state index contributed by atoms with van der Waals surface area (Å²) in [6.45, 7) is 4.40. The predicted octanol–water partition coefficient (Wildman–Crippen LogP) is 0.544. The van der Waals surface area contributed by atoms with E-state index in [2.05, 4.69) is 15.2 Å². The minimum absolute atomic E-state index is 0.0661. The number of hydrogen-bond acceptors (Lipinski definition) is 5. The van der Waals surface area contributed by atoms with Crippen molar-refractivity contribution >= 4 is 22.4 Å². The van der Waals surface area contributed by atoms with Crippen molar-refractivity contribution in [2.45, 2.75) is 18.9 Å². The molecule has 0 bridgehead atoms. The lowest BCUT2D eigenvalue weighted by molar-refractivity contribution is -0.133. The molecule has 2 fully saturated rings. The van der Waals surface area contributed by atoms with E-state index in [1.165, 1.54) is 0 Å². The molecule has 1 aromatic rings. The Balaban J connectivity index is 1.55. The van der Waals surface area contributed by atoms with Crippen LogP contribution < -0.4 is 10.2 Å². The summed E-state index contributed by atoms with van der Waals surface area (Å²) in [5.41, 5.74) is 0. The average Bonchev–Trinajstić information content (AvgIpc) is 3.11. The summed E-state index contributed by atoms with van der Waals surface area (Å²) in [4.78, 5) is 20.8. The Morgan fingerprint density at radius 3 is 2.83 bits per heavy atom. The van der Waals surface area contributed by atoms with Crippen LogP contribution in [0.15, 0.2) is 11.6 Å². The first-order valence-electron chi connectivity index (χ1n) is 6.51.